The molecule has 8 aromatic rings. The molecule has 0 bridgehead atoms. The third kappa shape index (κ3) is 3.88. The summed E-state index contributed by atoms with van der Waals surface area (Å²) >= 11 is 0. The van der Waals surface area contributed by atoms with Gasteiger partial charge in [-0.3, -0.25) is 0 Å². The Kier molecular flexibility index (Phi) is 6.46. The maximum Gasteiger partial charge on any atom is 0.0725 e. The predicted molar refractivity (Wildman–Crippen MR) is 224 cm³/mol. The average Bonchev–Trinajstić information content (AvgIpc) is 3.86. The number of rotatable bonds is 0. The van der Waals surface area contributed by atoms with E-state index in [2.05, 4.69) is 198 Å². The van der Waals surface area contributed by atoms with Crippen molar-refractivity contribution in [3.05, 3.63) is 237 Å². The summed E-state index contributed by atoms with van der Waals surface area (Å²) in [6.45, 7) is 8.81. The van der Waals surface area contributed by atoms with Gasteiger partial charge in [-0.1, -0.05) is 192 Å². The molecule has 0 atom stereocenters. The maximum absolute atomic E-state index is 2.41. The Hall–Kier alpha value is -6.24. The largest absolute Gasteiger partial charge is 0.0725 e. The van der Waals surface area contributed by atoms with E-state index in [1.165, 1.54) is 111 Å². The van der Waals surface area contributed by atoms with Crippen LogP contribution in [0.3, 0.4) is 0 Å². The SMILES string of the molecule is Cc1ccc2c(c1)C1(c3ccccc3-2)c2ccccc2-c2ccc(C)cc21.Cc1ccc2c(c1)C1(c3ccccc3-c3ccccc31)c1cc(C)ccc1-2. The van der Waals surface area contributed by atoms with Crippen LogP contribution in [0.1, 0.15) is 66.8 Å². The molecule has 0 fully saturated rings. The number of hydrogen-bond acceptors (Lipinski definition) is 0. The van der Waals surface area contributed by atoms with Gasteiger partial charge in [-0.2, -0.15) is 0 Å². The van der Waals surface area contributed by atoms with E-state index in [9.17, 15) is 0 Å². The third-order valence-corrected chi connectivity index (χ3v) is 12.8. The van der Waals surface area contributed by atoms with Crippen molar-refractivity contribution in [2.75, 3.05) is 0 Å². The molecule has 0 radical (unpaired) electrons. The molecule has 4 aliphatic rings. The molecule has 0 aliphatic heterocycles. The van der Waals surface area contributed by atoms with Gasteiger partial charge in [0, 0.05) is 0 Å². The van der Waals surface area contributed by atoms with E-state index in [1.54, 1.807) is 0 Å². The molecule has 0 nitrogen and oxygen atoms in total. The van der Waals surface area contributed by atoms with Crippen molar-refractivity contribution in [2.24, 2.45) is 0 Å². The molecule has 0 amide bonds. The number of fused-ring (bicyclic) bond motifs is 20. The minimum absolute atomic E-state index is 0.199. The maximum atomic E-state index is 2.41. The quantitative estimate of drug-likeness (QED) is 0.149. The summed E-state index contributed by atoms with van der Waals surface area (Å²) < 4.78 is 0. The fourth-order valence-corrected chi connectivity index (χ4v) is 10.7. The van der Waals surface area contributed by atoms with Crippen LogP contribution < -0.4 is 0 Å². The zero-order valence-corrected chi connectivity index (χ0v) is 31.2. The van der Waals surface area contributed by atoms with Crippen LogP contribution in [0, 0.1) is 27.7 Å². The molecule has 0 heteroatoms. The van der Waals surface area contributed by atoms with E-state index in [4.69, 9.17) is 0 Å². The first-order valence-corrected chi connectivity index (χ1v) is 19.3. The number of hydrogen-bond donors (Lipinski definition) is 0. The van der Waals surface area contributed by atoms with Crippen molar-refractivity contribution in [1.29, 1.82) is 0 Å². The standard InChI is InChI=1S/2C27H20/c1-17-11-13-21-19-7-3-5-9-23(19)27(25(21)15-17)24-10-6-4-8-20(24)22-14-12-18(2)16-26(22)27;1-17-11-13-21-22-14-12-18(2)16-26(22)27(25(21)15-17)23-9-5-3-7-19(23)20-8-4-6-10-24(20)27/h2*3-16H,1-2H3. The molecule has 0 heterocycles. The van der Waals surface area contributed by atoms with Crippen molar-refractivity contribution < 1.29 is 0 Å². The van der Waals surface area contributed by atoms with Crippen LogP contribution in [-0.2, 0) is 10.8 Å². The van der Waals surface area contributed by atoms with Crippen molar-refractivity contribution in [2.45, 2.75) is 38.5 Å². The highest BCUT2D eigenvalue weighted by molar-refractivity contribution is 5.96. The smallest absolute Gasteiger partial charge is 0.0619 e. The van der Waals surface area contributed by atoms with Gasteiger partial charge in [-0.05, 0) is 117 Å². The van der Waals surface area contributed by atoms with Gasteiger partial charge in [0.05, 0.1) is 10.8 Å². The van der Waals surface area contributed by atoms with Gasteiger partial charge < -0.3 is 0 Å². The molecular formula is C54H40. The van der Waals surface area contributed by atoms with Crippen molar-refractivity contribution in [3.8, 4) is 44.5 Å². The summed E-state index contributed by atoms with van der Waals surface area (Å²) in [5.41, 5.74) is 27.3. The summed E-state index contributed by atoms with van der Waals surface area (Å²) in [4.78, 5) is 0. The molecule has 12 rings (SSSR count). The van der Waals surface area contributed by atoms with Crippen molar-refractivity contribution in [3.63, 3.8) is 0 Å². The second kappa shape index (κ2) is 11.1. The molecule has 8 aromatic carbocycles. The Labute approximate surface area is 318 Å². The molecule has 0 aromatic heterocycles. The van der Waals surface area contributed by atoms with E-state index in [0.29, 0.717) is 0 Å². The highest BCUT2D eigenvalue weighted by Crippen LogP contribution is 2.64. The van der Waals surface area contributed by atoms with Crippen molar-refractivity contribution >= 4 is 0 Å². The van der Waals surface area contributed by atoms with Crippen LogP contribution in [-0.4, -0.2) is 0 Å². The highest BCUT2D eigenvalue weighted by atomic mass is 14.5. The molecular weight excluding hydrogens is 649 g/mol. The Morgan fingerprint density at radius 2 is 0.426 bits per heavy atom. The van der Waals surface area contributed by atoms with Gasteiger partial charge in [0.25, 0.3) is 0 Å². The lowest BCUT2D eigenvalue weighted by Crippen LogP contribution is -2.26. The zero-order chi connectivity index (χ0) is 36.3. The lowest BCUT2D eigenvalue weighted by Gasteiger charge is -2.30. The first kappa shape index (κ1) is 31.3. The lowest BCUT2D eigenvalue weighted by atomic mass is 9.70. The Morgan fingerprint density at radius 1 is 0.222 bits per heavy atom. The predicted octanol–water partition coefficient (Wildman–Crippen LogP) is 13.3. The lowest BCUT2D eigenvalue weighted by molar-refractivity contribution is 0.791. The topological polar surface area (TPSA) is 0 Å². The highest BCUT2D eigenvalue weighted by Gasteiger charge is 2.53. The minimum atomic E-state index is -0.199. The minimum Gasteiger partial charge on any atom is -0.0619 e. The number of aryl methyl sites for hydroxylation is 4. The molecule has 2 spiro atoms. The van der Waals surface area contributed by atoms with E-state index in [0.717, 1.165) is 0 Å². The third-order valence-electron chi connectivity index (χ3n) is 12.8. The average molecular weight is 689 g/mol. The van der Waals surface area contributed by atoms with E-state index in [1.807, 2.05) is 0 Å². The fraction of sp³-hybridized carbons (Fsp3) is 0.111. The zero-order valence-electron chi connectivity index (χ0n) is 31.2. The van der Waals surface area contributed by atoms with Gasteiger partial charge in [0.1, 0.15) is 0 Å². The Balaban J connectivity index is 0.000000126. The van der Waals surface area contributed by atoms with E-state index >= 15 is 0 Å². The van der Waals surface area contributed by atoms with E-state index < -0.39 is 0 Å². The first-order chi connectivity index (χ1) is 26.4. The van der Waals surface area contributed by atoms with Crippen molar-refractivity contribution in [1.82, 2.24) is 0 Å². The van der Waals surface area contributed by atoms with Crippen LogP contribution >= 0.6 is 0 Å². The first-order valence-electron chi connectivity index (χ1n) is 19.3. The van der Waals surface area contributed by atoms with Gasteiger partial charge in [0.2, 0.25) is 0 Å². The summed E-state index contributed by atoms with van der Waals surface area (Å²) in [6.07, 6.45) is 0. The van der Waals surface area contributed by atoms with Crippen LogP contribution in [0.25, 0.3) is 44.5 Å². The normalized spacial score (nSPS) is 14.6. The molecule has 0 unspecified atom stereocenters. The number of benzene rings is 8. The van der Waals surface area contributed by atoms with E-state index in [-0.39, 0.29) is 10.8 Å². The Bertz CT molecular complexity index is 2630. The van der Waals surface area contributed by atoms with Gasteiger partial charge in [0.15, 0.2) is 0 Å². The molecule has 256 valence electrons. The molecule has 54 heavy (non-hydrogen) atoms. The van der Waals surface area contributed by atoms with Crippen LogP contribution in [0.2, 0.25) is 0 Å². The molecule has 4 aliphatic carbocycles. The van der Waals surface area contributed by atoms with Gasteiger partial charge in [-0.15, -0.1) is 0 Å². The summed E-state index contributed by atoms with van der Waals surface area (Å²) in [5, 5.41) is 0. The summed E-state index contributed by atoms with van der Waals surface area (Å²) in [7, 11) is 0. The molecule has 0 saturated carbocycles. The van der Waals surface area contributed by atoms with Gasteiger partial charge >= 0.3 is 0 Å². The Morgan fingerprint density at radius 3 is 0.667 bits per heavy atom. The van der Waals surface area contributed by atoms with Crippen LogP contribution in [0.15, 0.2) is 170 Å². The second-order valence-corrected chi connectivity index (χ2v) is 15.9. The second-order valence-electron chi connectivity index (χ2n) is 15.9. The summed E-state index contributed by atoms with van der Waals surface area (Å²) in [6, 6.07) is 63.8. The molecule has 0 N–H and O–H groups in total. The monoisotopic (exact) mass is 688 g/mol. The molecule has 0 saturated heterocycles. The van der Waals surface area contributed by atoms with Crippen LogP contribution in [0.4, 0.5) is 0 Å². The summed E-state index contributed by atoms with van der Waals surface area (Å²) in [5.74, 6) is 0. The fourth-order valence-electron chi connectivity index (χ4n) is 10.7. The van der Waals surface area contributed by atoms with Gasteiger partial charge in [-0.25, -0.2) is 0 Å². The van der Waals surface area contributed by atoms with Crippen LogP contribution in [0.5, 0.6) is 0 Å².